The normalized spacial score (nSPS) is 10.6. The fourth-order valence-corrected chi connectivity index (χ4v) is 3.55. The van der Waals surface area contributed by atoms with Gasteiger partial charge in [0.1, 0.15) is 11.5 Å². The van der Waals surface area contributed by atoms with Gasteiger partial charge in [0, 0.05) is 23.7 Å². The molecule has 4 rings (SSSR count). The maximum Gasteiger partial charge on any atom is 0.409 e. The van der Waals surface area contributed by atoms with Crippen molar-refractivity contribution in [2.24, 2.45) is 0 Å². The molecule has 1 heterocycles. The van der Waals surface area contributed by atoms with Gasteiger partial charge in [0.25, 0.3) is 0 Å². The fraction of sp³-hybridized carbons (Fsp3) is 0.160. The molecule has 0 bridgehead atoms. The Kier molecular flexibility index (Phi) is 6.54. The van der Waals surface area contributed by atoms with Crippen LogP contribution in [0.4, 0.5) is 16.4 Å². The minimum absolute atomic E-state index is 0.460. The van der Waals surface area contributed by atoms with E-state index in [1.807, 2.05) is 42.5 Å². The van der Waals surface area contributed by atoms with Crippen LogP contribution in [0.5, 0.6) is 11.5 Å². The van der Waals surface area contributed by atoms with E-state index in [0.29, 0.717) is 29.6 Å². The first kappa shape index (κ1) is 21.9. The van der Waals surface area contributed by atoms with Gasteiger partial charge in [-0.05, 0) is 59.8 Å². The maximum absolute atomic E-state index is 11.4. The summed E-state index contributed by atoms with van der Waals surface area (Å²) in [6, 6.07) is 19.0. The summed E-state index contributed by atoms with van der Waals surface area (Å²) in [7, 11) is 3.22. The topological polar surface area (TPSA) is 106 Å². The van der Waals surface area contributed by atoms with E-state index in [-0.39, 0.29) is 0 Å². The lowest BCUT2D eigenvalue weighted by Gasteiger charge is -2.12. The van der Waals surface area contributed by atoms with Crippen LogP contribution < -0.4 is 20.1 Å². The number of nitrogens with zero attached hydrogens (tertiary/aromatic N) is 2. The van der Waals surface area contributed by atoms with Crippen molar-refractivity contribution in [3.05, 3.63) is 72.4 Å². The molecule has 0 aliphatic heterocycles. The van der Waals surface area contributed by atoms with Crippen LogP contribution in [0, 0.1) is 0 Å². The highest BCUT2D eigenvalue weighted by Gasteiger charge is 2.11. The second-order valence-electron chi connectivity index (χ2n) is 7.33. The molecule has 0 aliphatic rings. The number of hydrogen-bond donors (Lipinski definition) is 3. The number of amides is 1. The monoisotopic (exact) mass is 444 g/mol. The van der Waals surface area contributed by atoms with Crippen molar-refractivity contribution in [2.75, 3.05) is 31.4 Å². The van der Waals surface area contributed by atoms with Crippen LogP contribution in [-0.4, -0.2) is 41.9 Å². The molecule has 168 valence electrons. The first-order chi connectivity index (χ1) is 16.1. The number of anilines is 2. The molecule has 3 aromatic carbocycles. The molecular weight excluding hydrogens is 420 g/mol. The average molecular weight is 444 g/mol. The molecule has 0 aliphatic carbocycles. The maximum atomic E-state index is 11.4. The minimum Gasteiger partial charge on any atom is -0.497 e. The average Bonchev–Trinajstić information content (AvgIpc) is 2.84. The van der Waals surface area contributed by atoms with Crippen LogP contribution in [0.3, 0.4) is 0 Å². The molecule has 4 aromatic rings. The summed E-state index contributed by atoms with van der Waals surface area (Å²) in [4.78, 5) is 20.3. The van der Waals surface area contributed by atoms with Crippen molar-refractivity contribution >= 4 is 28.5 Å². The van der Waals surface area contributed by atoms with Crippen molar-refractivity contribution < 1.29 is 19.4 Å². The van der Waals surface area contributed by atoms with Gasteiger partial charge in [-0.25, -0.2) is 14.8 Å². The molecule has 0 fully saturated rings. The highest BCUT2D eigenvalue weighted by Crippen LogP contribution is 2.33. The Bertz CT molecular complexity index is 1280. The SMILES string of the molecule is COc1ccc(CCNc2nccc(-c3cc(NC(=O)O)c4cc(OC)ccc4c3)n2)cc1. The number of methoxy groups -OCH3 is 2. The van der Waals surface area contributed by atoms with Crippen LogP contribution in [-0.2, 0) is 6.42 Å². The summed E-state index contributed by atoms with van der Waals surface area (Å²) < 4.78 is 10.5. The van der Waals surface area contributed by atoms with Crippen LogP contribution in [0.1, 0.15) is 5.56 Å². The Morgan fingerprint density at radius 3 is 2.45 bits per heavy atom. The van der Waals surface area contributed by atoms with Crippen molar-refractivity contribution in [2.45, 2.75) is 6.42 Å². The van der Waals surface area contributed by atoms with Gasteiger partial charge in [0.15, 0.2) is 0 Å². The third kappa shape index (κ3) is 5.30. The summed E-state index contributed by atoms with van der Waals surface area (Å²) in [6.07, 6.45) is 1.35. The zero-order valence-corrected chi connectivity index (χ0v) is 18.3. The number of carboxylic acid groups (broad SMARTS) is 1. The van der Waals surface area contributed by atoms with Gasteiger partial charge in [-0.3, -0.25) is 5.32 Å². The molecular formula is C25H24N4O4. The van der Waals surface area contributed by atoms with Crippen molar-refractivity contribution in [3.63, 3.8) is 0 Å². The number of rotatable bonds is 8. The first-order valence-corrected chi connectivity index (χ1v) is 10.4. The van der Waals surface area contributed by atoms with E-state index in [0.717, 1.165) is 28.5 Å². The van der Waals surface area contributed by atoms with Gasteiger partial charge in [-0.2, -0.15) is 0 Å². The van der Waals surface area contributed by atoms with E-state index in [1.165, 1.54) is 5.56 Å². The van der Waals surface area contributed by atoms with Crippen LogP contribution in [0.15, 0.2) is 66.9 Å². The third-order valence-corrected chi connectivity index (χ3v) is 5.21. The standard InChI is InChI=1S/C25H24N4O4/c1-32-19-6-3-16(4-7-19)9-11-26-24-27-12-10-22(28-24)18-13-17-5-8-20(33-2)15-21(17)23(14-18)29-25(30)31/h3-8,10,12-15,29H,9,11H2,1-2H3,(H,30,31)(H,26,27,28). The number of ether oxygens (including phenoxy) is 2. The van der Waals surface area contributed by atoms with Gasteiger partial charge < -0.3 is 19.9 Å². The predicted octanol–water partition coefficient (Wildman–Crippen LogP) is 5.06. The van der Waals surface area contributed by atoms with Gasteiger partial charge in [-0.15, -0.1) is 0 Å². The van der Waals surface area contributed by atoms with E-state index in [1.54, 1.807) is 38.6 Å². The lowest BCUT2D eigenvalue weighted by molar-refractivity contribution is 0.210. The first-order valence-electron chi connectivity index (χ1n) is 10.4. The Balaban J connectivity index is 1.56. The Morgan fingerprint density at radius 2 is 1.73 bits per heavy atom. The molecule has 1 aromatic heterocycles. The molecule has 33 heavy (non-hydrogen) atoms. The van der Waals surface area contributed by atoms with Gasteiger partial charge in [0.2, 0.25) is 5.95 Å². The Labute approximate surface area is 191 Å². The molecule has 8 heteroatoms. The second-order valence-corrected chi connectivity index (χ2v) is 7.33. The molecule has 1 amide bonds. The van der Waals surface area contributed by atoms with Gasteiger partial charge in [-0.1, -0.05) is 18.2 Å². The number of aromatic nitrogens is 2. The number of fused-ring (bicyclic) bond motifs is 1. The number of nitrogens with one attached hydrogen (secondary N) is 2. The minimum atomic E-state index is -1.14. The predicted molar refractivity (Wildman–Crippen MR) is 128 cm³/mol. The molecule has 8 nitrogen and oxygen atoms in total. The van der Waals surface area contributed by atoms with Crippen molar-refractivity contribution in [1.29, 1.82) is 0 Å². The van der Waals surface area contributed by atoms with Crippen LogP contribution in [0.25, 0.3) is 22.0 Å². The van der Waals surface area contributed by atoms with E-state index < -0.39 is 6.09 Å². The number of benzene rings is 3. The highest BCUT2D eigenvalue weighted by atomic mass is 16.5. The molecule has 0 unspecified atom stereocenters. The van der Waals surface area contributed by atoms with E-state index >= 15 is 0 Å². The largest absolute Gasteiger partial charge is 0.497 e. The van der Waals surface area contributed by atoms with Crippen LogP contribution >= 0.6 is 0 Å². The van der Waals surface area contributed by atoms with Crippen molar-refractivity contribution in [3.8, 4) is 22.8 Å². The summed E-state index contributed by atoms with van der Waals surface area (Å²) in [6.45, 7) is 0.666. The zero-order chi connectivity index (χ0) is 23.2. The molecule has 0 spiro atoms. The van der Waals surface area contributed by atoms with Gasteiger partial charge >= 0.3 is 6.09 Å². The van der Waals surface area contributed by atoms with E-state index in [2.05, 4.69) is 20.6 Å². The lowest BCUT2D eigenvalue weighted by atomic mass is 10.0. The Morgan fingerprint density at radius 1 is 0.970 bits per heavy atom. The van der Waals surface area contributed by atoms with Crippen molar-refractivity contribution in [1.82, 2.24) is 9.97 Å². The summed E-state index contributed by atoms with van der Waals surface area (Å²) in [5.41, 5.74) is 3.09. The smallest absolute Gasteiger partial charge is 0.409 e. The zero-order valence-electron chi connectivity index (χ0n) is 18.3. The molecule has 0 radical (unpaired) electrons. The quantitative estimate of drug-likeness (QED) is 0.349. The molecule has 0 saturated heterocycles. The summed E-state index contributed by atoms with van der Waals surface area (Å²) >= 11 is 0. The summed E-state index contributed by atoms with van der Waals surface area (Å²) in [5, 5.41) is 16.6. The van der Waals surface area contributed by atoms with Crippen LogP contribution in [0.2, 0.25) is 0 Å². The Hall–Kier alpha value is -4.33. The molecule has 3 N–H and O–H groups in total. The summed E-state index contributed by atoms with van der Waals surface area (Å²) in [5.74, 6) is 1.98. The lowest BCUT2D eigenvalue weighted by Crippen LogP contribution is -2.09. The van der Waals surface area contributed by atoms with E-state index in [4.69, 9.17) is 9.47 Å². The third-order valence-electron chi connectivity index (χ3n) is 5.21. The van der Waals surface area contributed by atoms with Gasteiger partial charge in [0.05, 0.1) is 25.6 Å². The second kappa shape index (κ2) is 9.86. The fourth-order valence-electron chi connectivity index (χ4n) is 3.55. The number of carbonyl (C=O) groups is 1. The molecule has 0 atom stereocenters. The number of hydrogen-bond acceptors (Lipinski definition) is 6. The molecule has 0 saturated carbocycles. The highest BCUT2D eigenvalue weighted by molar-refractivity contribution is 6.02. The van der Waals surface area contributed by atoms with E-state index in [9.17, 15) is 9.90 Å².